The maximum atomic E-state index is 10.0. The molecular weight excluding hydrogens is 338 g/mol. The van der Waals surface area contributed by atoms with Crippen molar-refractivity contribution in [1.82, 2.24) is 0 Å². The molecule has 0 spiro atoms. The molecule has 0 aromatic heterocycles. The summed E-state index contributed by atoms with van der Waals surface area (Å²) in [4.78, 5) is 0. The van der Waals surface area contributed by atoms with Gasteiger partial charge in [-0.15, -0.1) is 0 Å². The molecule has 2 aromatic carbocycles. The summed E-state index contributed by atoms with van der Waals surface area (Å²) in [5.41, 5.74) is 2.95. The van der Waals surface area contributed by atoms with E-state index in [1.807, 2.05) is 57.5 Å². The second kappa shape index (κ2) is 10.2. The molecule has 0 bridgehead atoms. The van der Waals surface area contributed by atoms with Gasteiger partial charge < -0.3 is 14.3 Å². The number of rotatable bonds is 10. The number of unbranched alkanes of at least 4 members (excludes halogenated alkanes) is 1. The smallest absolute Gasteiger partial charge is 0.137 e. The zero-order valence-electron chi connectivity index (χ0n) is 16.9. The first-order valence-electron chi connectivity index (χ1n) is 9.58. The van der Waals surface area contributed by atoms with Crippen molar-refractivity contribution in [2.75, 3.05) is 34.3 Å². The van der Waals surface area contributed by atoms with Crippen molar-refractivity contribution in [3.05, 3.63) is 54.1 Å². The van der Waals surface area contributed by atoms with Crippen molar-refractivity contribution in [3.63, 3.8) is 0 Å². The molecular formula is C22H32N3O2+. The van der Waals surface area contributed by atoms with E-state index in [0.29, 0.717) is 11.0 Å². The number of quaternary nitrogens is 1. The Bertz CT molecular complexity index is 704. The summed E-state index contributed by atoms with van der Waals surface area (Å²) >= 11 is 0. The van der Waals surface area contributed by atoms with E-state index in [-0.39, 0.29) is 6.61 Å². The molecule has 0 aliphatic carbocycles. The van der Waals surface area contributed by atoms with Crippen LogP contribution < -0.4 is 4.74 Å². The maximum absolute atomic E-state index is 10.0. The monoisotopic (exact) mass is 370 g/mol. The highest BCUT2D eigenvalue weighted by Crippen LogP contribution is 2.22. The van der Waals surface area contributed by atoms with Crippen LogP contribution in [0, 0.1) is 0 Å². The van der Waals surface area contributed by atoms with Crippen LogP contribution in [0.4, 0.5) is 11.4 Å². The fraction of sp³-hybridized carbons (Fsp3) is 0.455. The van der Waals surface area contributed by atoms with Crippen molar-refractivity contribution >= 4 is 11.4 Å². The van der Waals surface area contributed by atoms with Crippen molar-refractivity contribution in [2.24, 2.45) is 10.2 Å². The van der Waals surface area contributed by atoms with Crippen LogP contribution >= 0.6 is 0 Å². The molecule has 146 valence electrons. The summed E-state index contributed by atoms with van der Waals surface area (Å²) < 4.78 is 6.34. The zero-order chi connectivity index (χ0) is 19.7. The Kier molecular flexibility index (Phi) is 7.95. The molecule has 0 saturated heterocycles. The summed E-state index contributed by atoms with van der Waals surface area (Å²) in [6.45, 7) is 3.12. The van der Waals surface area contributed by atoms with Gasteiger partial charge in [0.25, 0.3) is 0 Å². The minimum absolute atomic E-state index is 0.279. The highest BCUT2D eigenvalue weighted by molar-refractivity contribution is 5.43. The Morgan fingerprint density at radius 2 is 1.48 bits per heavy atom. The number of nitrogens with zero attached hydrogens (tertiary/aromatic N) is 3. The molecule has 0 fully saturated rings. The number of hydrogen-bond acceptors (Lipinski definition) is 4. The van der Waals surface area contributed by atoms with Crippen molar-refractivity contribution in [1.29, 1.82) is 0 Å². The third-order valence-electron chi connectivity index (χ3n) is 4.07. The van der Waals surface area contributed by atoms with Gasteiger partial charge >= 0.3 is 0 Å². The van der Waals surface area contributed by atoms with E-state index in [1.54, 1.807) is 0 Å². The van der Waals surface area contributed by atoms with E-state index < -0.39 is 6.10 Å². The highest BCUT2D eigenvalue weighted by atomic mass is 16.5. The average Bonchev–Trinajstić information content (AvgIpc) is 2.63. The number of azo groups is 1. The van der Waals surface area contributed by atoms with Crippen molar-refractivity contribution in [3.8, 4) is 5.75 Å². The minimum atomic E-state index is -0.496. The quantitative estimate of drug-likeness (QED) is 0.478. The molecule has 2 aromatic rings. The first-order valence-corrected chi connectivity index (χ1v) is 9.58. The van der Waals surface area contributed by atoms with Gasteiger partial charge in [0.2, 0.25) is 0 Å². The molecule has 0 aliphatic heterocycles. The summed E-state index contributed by atoms with van der Waals surface area (Å²) in [7, 11) is 6.13. The predicted molar refractivity (Wildman–Crippen MR) is 110 cm³/mol. The topological polar surface area (TPSA) is 54.2 Å². The van der Waals surface area contributed by atoms with Crippen LogP contribution in [0.25, 0.3) is 0 Å². The summed E-state index contributed by atoms with van der Waals surface area (Å²) in [6, 6.07) is 15.6. The van der Waals surface area contributed by atoms with Gasteiger partial charge in [-0.05, 0) is 54.8 Å². The highest BCUT2D eigenvalue weighted by Gasteiger charge is 2.15. The lowest BCUT2D eigenvalue weighted by Gasteiger charge is -2.26. The normalized spacial score (nSPS) is 13.1. The number of aliphatic hydroxyl groups excluding tert-OH is 1. The average molecular weight is 371 g/mol. The van der Waals surface area contributed by atoms with Crippen LogP contribution in [0.2, 0.25) is 0 Å². The van der Waals surface area contributed by atoms with E-state index in [9.17, 15) is 5.11 Å². The fourth-order valence-electron chi connectivity index (χ4n) is 2.71. The van der Waals surface area contributed by atoms with Crippen LogP contribution in [0.15, 0.2) is 58.8 Å². The predicted octanol–water partition coefficient (Wildman–Crippen LogP) is 4.89. The van der Waals surface area contributed by atoms with Gasteiger partial charge in [-0.3, -0.25) is 0 Å². The third kappa shape index (κ3) is 8.33. The van der Waals surface area contributed by atoms with Crippen LogP contribution in [-0.2, 0) is 6.42 Å². The molecule has 5 heteroatoms. The van der Waals surface area contributed by atoms with E-state index in [4.69, 9.17) is 4.74 Å². The fourth-order valence-corrected chi connectivity index (χ4v) is 2.71. The van der Waals surface area contributed by atoms with Gasteiger partial charge in [-0.1, -0.05) is 25.5 Å². The number of hydrogen-bond donors (Lipinski definition) is 1. The number of aryl methyl sites for hydroxylation is 1. The Labute approximate surface area is 162 Å². The number of benzene rings is 2. The van der Waals surface area contributed by atoms with Crippen LogP contribution in [0.1, 0.15) is 25.3 Å². The summed E-state index contributed by atoms with van der Waals surface area (Å²) in [6.07, 6.45) is 3.03. The molecule has 0 radical (unpaired) electrons. The lowest BCUT2D eigenvalue weighted by atomic mass is 10.1. The molecule has 1 N–H and O–H groups in total. The second-order valence-corrected chi connectivity index (χ2v) is 7.90. The molecule has 5 nitrogen and oxygen atoms in total. The molecule has 0 heterocycles. The molecule has 0 aliphatic rings. The Morgan fingerprint density at radius 1 is 0.926 bits per heavy atom. The third-order valence-corrected chi connectivity index (χ3v) is 4.07. The minimum Gasteiger partial charge on any atom is -0.491 e. The van der Waals surface area contributed by atoms with Crippen molar-refractivity contribution < 1.29 is 14.3 Å². The van der Waals surface area contributed by atoms with Gasteiger partial charge in [0.15, 0.2) is 0 Å². The molecule has 2 rings (SSSR count). The van der Waals surface area contributed by atoms with Gasteiger partial charge in [0, 0.05) is 0 Å². The lowest BCUT2D eigenvalue weighted by Crippen LogP contribution is -2.43. The number of ether oxygens (including phenoxy) is 1. The number of likely N-dealkylation sites (N-methyl/N-ethyl adjacent to an activating group) is 1. The first kappa shape index (κ1) is 21.1. The molecule has 0 saturated carbocycles. The van der Waals surface area contributed by atoms with Gasteiger partial charge in [0.05, 0.1) is 32.5 Å². The van der Waals surface area contributed by atoms with E-state index >= 15 is 0 Å². The SMILES string of the molecule is CCCCc1ccc(N=Nc2ccc(OCC(O)C[N+](C)(C)C)cc2)cc1. The van der Waals surface area contributed by atoms with Crippen LogP contribution in [0.5, 0.6) is 5.75 Å². The summed E-state index contributed by atoms with van der Waals surface area (Å²) in [5, 5.41) is 18.6. The molecule has 27 heavy (non-hydrogen) atoms. The van der Waals surface area contributed by atoms with Gasteiger partial charge in [-0.25, -0.2) is 0 Å². The van der Waals surface area contributed by atoms with Gasteiger partial charge in [0.1, 0.15) is 25.0 Å². The van der Waals surface area contributed by atoms with Gasteiger partial charge in [-0.2, -0.15) is 10.2 Å². The molecule has 0 amide bonds. The Hall–Kier alpha value is -2.24. The molecule has 1 atom stereocenters. The van der Waals surface area contributed by atoms with E-state index in [1.165, 1.54) is 18.4 Å². The summed E-state index contributed by atoms with van der Waals surface area (Å²) in [5.74, 6) is 0.717. The zero-order valence-corrected chi connectivity index (χ0v) is 16.9. The maximum Gasteiger partial charge on any atom is 0.137 e. The number of aliphatic hydroxyl groups is 1. The first-order chi connectivity index (χ1) is 12.9. The standard InChI is InChI=1S/C22H32N3O2/c1-5-6-7-18-8-10-19(11-9-18)23-24-20-12-14-22(15-13-20)27-17-21(26)16-25(2,3)4/h8-15,21,26H,5-7,16-17H2,1-4H3/q+1. The Morgan fingerprint density at radius 3 is 2.00 bits per heavy atom. The largest absolute Gasteiger partial charge is 0.491 e. The van der Waals surface area contributed by atoms with Crippen molar-refractivity contribution in [2.45, 2.75) is 32.3 Å². The second-order valence-electron chi connectivity index (χ2n) is 7.90. The Balaban J connectivity index is 1.85. The van der Waals surface area contributed by atoms with E-state index in [0.717, 1.165) is 23.5 Å². The molecule has 1 unspecified atom stereocenters. The van der Waals surface area contributed by atoms with Crippen LogP contribution in [-0.4, -0.2) is 50.0 Å². The lowest BCUT2D eigenvalue weighted by molar-refractivity contribution is -0.873. The van der Waals surface area contributed by atoms with E-state index in [2.05, 4.69) is 29.3 Å². The van der Waals surface area contributed by atoms with Crippen LogP contribution in [0.3, 0.4) is 0 Å².